The summed E-state index contributed by atoms with van der Waals surface area (Å²) in [5, 5.41) is 0.897. The van der Waals surface area contributed by atoms with Crippen LogP contribution in [0.2, 0.25) is 10.0 Å². The Morgan fingerprint density at radius 2 is 2.00 bits per heavy atom. The van der Waals surface area contributed by atoms with Gasteiger partial charge in [0.25, 0.3) is 0 Å². The van der Waals surface area contributed by atoms with Gasteiger partial charge in [0.1, 0.15) is 5.69 Å². The quantitative estimate of drug-likeness (QED) is 0.772. The van der Waals surface area contributed by atoms with Crippen molar-refractivity contribution in [2.24, 2.45) is 0 Å². The van der Waals surface area contributed by atoms with E-state index in [2.05, 4.69) is 4.98 Å². The molecule has 2 aromatic rings. The van der Waals surface area contributed by atoms with Gasteiger partial charge in [-0.3, -0.25) is 4.79 Å². The third kappa shape index (κ3) is 2.46. The van der Waals surface area contributed by atoms with Crippen LogP contribution in [0, 0.1) is 5.82 Å². The first-order valence-electron chi connectivity index (χ1n) is 4.68. The number of nitrogens with zero attached hydrogens (tertiary/aromatic N) is 1. The molecule has 0 radical (unpaired) electrons. The minimum absolute atomic E-state index is 0.223. The van der Waals surface area contributed by atoms with Gasteiger partial charge in [-0.1, -0.05) is 29.3 Å². The molecule has 2 rings (SSSR count). The van der Waals surface area contributed by atoms with Gasteiger partial charge >= 0.3 is 0 Å². The van der Waals surface area contributed by atoms with Crippen molar-refractivity contribution in [2.45, 2.75) is 0 Å². The number of pyridine rings is 1. The largest absolute Gasteiger partial charge is 0.296 e. The summed E-state index contributed by atoms with van der Waals surface area (Å²) >= 11 is 11.7. The lowest BCUT2D eigenvalue weighted by molar-refractivity contribution is 0.111. The van der Waals surface area contributed by atoms with E-state index in [1.54, 1.807) is 18.2 Å². The summed E-state index contributed by atoms with van der Waals surface area (Å²) < 4.78 is 13.4. The van der Waals surface area contributed by atoms with Crippen molar-refractivity contribution in [1.29, 1.82) is 0 Å². The Balaban J connectivity index is 2.53. The second-order valence-electron chi connectivity index (χ2n) is 3.33. The highest BCUT2D eigenvalue weighted by atomic mass is 35.5. The molecule has 0 N–H and O–H groups in total. The van der Waals surface area contributed by atoms with Crippen molar-refractivity contribution in [1.82, 2.24) is 4.98 Å². The molecular weight excluding hydrogens is 264 g/mol. The highest BCUT2D eigenvalue weighted by Crippen LogP contribution is 2.30. The fourth-order valence-corrected chi connectivity index (χ4v) is 1.92. The van der Waals surface area contributed by atoms with Crippen LogP contribution < -0.4 is 0 Å². The number of carbonyl (C=O) groups excluding carboxylic acids is 1. The van der Waals surface area contributed by atoms with Gasteiger partial charge in [-0.2, -0.15) is 0 Å². The van der Waals surface area contributed by atoms with Crippen LogP contribution in [0.4, 0.5) is 4.39 Å². The van der Waals surface area contributed by atoms with Crippen LogP contribution in [0.1, 0.15) is 10.5 Å². The van der Waals surface area contributed by atoms with Gasteiger partial charge < -0.3 is 0 Å². The number of halogens is 3. The van der Waals surface area contributed by atoms with E-state index in [0.717, 1.165) is 0 Å². The molecule has 0 aliphatic carbocycles. The molecule has 0 fully saturated rings. The average molecular weight is 270 g/mol. The van der Waals surface area contributed by atoms with Crippen molar-refractivity contribution in [3.8, 4) is 11.1 Å². The van der Waals surface area contributed by atoms with Crippen molar-refractivity contribution in [3.05, 3.63) is 52.0 Å². The van der Waals surface area contributed by atoms with E-state index in [9.17, 15) is 9.18 Å². The number of aromatic nitrogens is 1. The number of hydrogen-bond donors (Lipinski definition) is 0. The van der Waals surface area contributed by atoms with Crippen molar-refractivity contribution < 1.29 is 9.18 Å². The molecule has 0 amide bonds. The van der Waals surface area contributed by atoms with Gasteiger partial charge in [-0.25, -0.2) is 9.37 Å². The normalized spacial score (nSPS) is 10.3. The molecular formula is C12H6Cl2FNO. The first kappa shape index (κ1) is 12.0. The SMILES string of the molecule is O=Cc1ncc(-c2ccc(Cl)cc2Cl)cc1F. The number of aldehydes is 1. The fourth-order valence-electron chi connectivity index (χ4n) is 1.41. The number of hydrogen-bond acceptors (Lipinski definition) is 2. The Hall–Kier alpha value is -1.45. The van der Waals surface area contributed by atoms with Crippen LogP contribution in [-0.2, 0) is 0 Å². The molecule has 0 bridgehead atoms. The Labute approximate surface area is 107 Å². The Bertz CT molecular complexity index is 587. The van der Waals surface area contributed by atoms with E-state index in [1.165, 1.54) is 12.3 Å². The number of rotatable bonds is 2. The van der Waals surface area contributed by atoms with E-state index in [-0.39, 0.29) is 5.69 Å². The van der Waals surface area contributed by atoms with E-state index >= 15 is 0 Å². The zero-order chi connectivity index (χ0) is 12.4. The van der Waals surface area contributed by atoms with E-state index in [1.807, 2.05) is 0 Å². The van der Waals surface area contributed by atoms with E-state index in [0.29, 0.717) is 27.5 Å². The molecule has 0 saturated heterocycles. The maximum atomic E-state index is 13.4. The van der Waals surface area contributed by atoms with E-state index < -0.39 is 5.82 Å². The van der Waals surface area contributed by atoms with E-state index in [4.69, 9.17) is 23.2 Å². The van der Waals surface area contributed by atoms with Crippen LogP contribution in [0.5, 0.6) is 0 Å². The Morgan fingerprint density at radius 3 is 2.59 bits per heavy atom. The predicted molar refractivity (Wildman–Crippen MR) is 65.0 cm³/mol. The maximum Gasteiger partial charge on any atom is 0.171 e. The third-order valence-electron chi connectivity index (χ3n) is 2.22. The molecule has 0 saturated carbocycles. The molecule has 0 aliphatic heterocycles. The first-order chi connectivity index (χ1) is 8.11. The lowest BCUT2D eigenvalue weighted by Crippen LogP contribution is -1.93. The zero-order valence-electron chi connectivity index (χ0n) is 8.45. The molecule has 0 atom stereocenters. The summed E-state index contributed by atoms with van der Waals surface area (Å²) in [6.07, 6.45) is 1.75. The minimum atomic E-state index is -0.677. The van der Waals surface area contributed by atoms with Crippen molar-refractivity contribution in [2.75, 3.05) is 0 Å². The molecule has 5 heteroatoms. The second kappa shape index (κ2) is 4.82. The molecule has 0 aliphatic rings. The van der Waals surface area contributed by atoms with Crippen LogP contribution in [0.25, 0.3) is 11.1 Å². The first-order valence-corrected chi connectivity index (χ1v) is 5.43. The van der Waals surface area contributed by atoms with Gasteiger partial charge in [0.05, 0.1) is 0 Å². The van der Waals surface area contributed by atoms with Crippen LogP contribution >= 0.6 is 23.2 Å². The topological polar surface area (TPSA) is 30.0 Å². The summed E-state index contributed by atoms with van der Waals surface area (Å²) in [5.41, 5.74) is 0.883. The van der Waals surface area contributed by atoms with Crippen LogP contribution in [0.15, 0.2) is 30.5 Å². The molecule has 1 heterocycles. The molecule has 1 aromatic heterocycles. The van der Waals surface area contributed by atoms with Gasteiger partial charge in [-0.05, 0) is 18.2 Å². The highest BCUT2D eigenvalue weighted by molar-refractivity contribution is 6.36. The van der Waals surface area contributed by atoms with Gasteiger partial charge in [0, 0.05) is 27.4 Å². The molecule has 0 spiro atoms. The number of carbonyl (C=O) groups is 1. The lowest BCUT2D eigenvalue weighted by Gasteiger charge is -2.05. The predicted octanol–water partition coefficient (Wildman–Crippen LogP) is 4.01. The minimum Gasteiger partial charge on any atom is -0.296 e. The maximum absolute atomic E-state index is 13.4. The smallest absolute Gasteiger partial charge is 0.171 e. The highest BCUT2D eigenvalue weighted by Gasteiger charge is 2.08. The molecule has 2 nitrogen and oxygen atoms in total. The molecule has 17 heavy (non-hydrogen) atoms. The molecule has 86 valence electrons. The van der Waals surface area contributed by atoms with Crippen LogP contribution in [0.3, 0.4) is 0 Å². The summed E-state index contributed by atoms with van der Waals surface area (Å²) in [5.74, 6) is -0.677. The van der Waals surface area contributed by atoms with Crippen LogP contribution in [-0.4, -0.2) is 11.3 Å². The van der Waals surface area contributed by atoms with Crippen molar-refractivity contribution in [3.63, 3.8) is 0 Å². The van der Waals surface area contributed by atoms with Gasteiger partial charge in [0.15, 0.2) is 12.1 Å². The second-order valence-corrected chi connectivity index (χ2v) is 4.18. The summed E-state index contributed by atoms with van der Waals surface area (Å²) in [6.45, 7) is 0. The average Bonchev–Trinajstić information content (AvgIpc) is 2.29. The number of benzene rings is 1. The zero-order valence-corrected chi connectivity index (χ0v) is 9.97. The monoisotopic (exact) mass is 269 g/mol. The Kier molecular flexibility index (Phi) is 3.41. The van der Waals surface area contributed by atoms with Crippen molar-refractivity contribution >= 4 is 29.5 Å². The fraction of sp³-hybridized carbons (Fsp3) is 0. The molecule has 0 unspecified atom stereocenters. The third-order valence-corrected chi connectivity index (χ3v) is 2.77. The summed E-state index contributed by atoms with van der Waals surface area (Å²) in [4.78, 5) is 14.1. The summed E-state index contributed by atoms with van der Waals surface area (Å²) in [6, 6.07) is 6.09. The summed E-state index contributed by atoms with van der Waals surface area (Å²) in [7, 11) is 0. The van der Waals surface area contributed by atoms with Gasteiger partial charge in [-0.15, -0.1) is 0 Å². The lowest BCUT2D eigenvalue weighted by atomic mass is 10.1. The Morgan fingerprint density at radius 1 is 1.24 bits per heavy atom. The van der Waals surface area contributed by atoms with Gasteiger partial charge in [0.2, 0.25) is 0 Å². The molecule has 1 aromatic carbocycles. The standard InChI is InChI=1S/C12H6Cl2FNO/c13-8-1-2-9(10(14)4-8)7-3-11(15)12(6-17)16-5-7/h1-6H.